The first-order valence-corrected chi connectivity index (χ1v) is 8.51. The van der Waals surface area contributed by atoms with Crippen LogP contribution in [0.2, 0.25) is 0 Å². The Morgan fingerprint density at radius 1 is 0.821 bits per heavy atom. The van der Waals surface area contributed by atoms with Crippen LogP contribution in [0.4, 0.5) is 0 Å². The van der Waals surface area contributed by atoms with Crippen LogP contribution in [0.1, 0.15) is 25.7 Å². The van der Waals surface area contributed by atoms with Gasteiger partial charge in [-0.3, -0.25) is 19.2 Å². The maximum absolute atomic E-state index is 12.2. The van der Waals surface area contributed by atoms with Gasteiger partial charge in [0.05, 0.1) is 19.6 Å². The molecule has 0 fully saturated rings. The second kappa shape index (κ2) is 13.4. The van der Waals surface area contributed by atoms with E-state index in [0.29, 0.717) is 19.4 Å². The van der Waals surface area contributed by atoms with Gasteiger partial charge in [0.1, 0.15) is 18.1 Å². The van der Waals surface area contributed by atoms with E-state index in [1.54, 1.807) is 0 Å². The van der Waals surface area contributed by atoms with Crippen LogP contribution in [0.25, 0.3) is 0 Å². The van der Waals surface area contributed by atoms with Crippen LogP contribution in [0, 0.1) is 0 Å². The van der Waals surface area contributed by atoms with Crippen LogP contribution in [0.3, 0.4) is 0 Å². The van der Waals surface area contributed by atoms with Gasteiger partial charge in [0.2, 0.25) is 17.7 Å². The van der Waals surface area contributed by atoms with E-state index in [1.165, 1.54) is 0 Å². The zero-order valence-corrected chi connectivity index (χ0v) is 15.2. The Kier molecular flexibility index (Phi) is 12.1. The number of nitrogens with one attached hydrogen (secondary N) is 3. The highest BCUT2D eigenvalue weighted by molar-refractivity contribution is 5.95. The number of carboxylic acid groups (broad SMARTS) is 2. The molecular formula is C15H27N5O8. The third-order valence-electron chi connectivity index (χ3n) is 3.59. The van der Waals surface area contributed by atoms with Crippen LogP contribution >= 0.6 is 0 Å². The minimum absolute atomic E-state index is 0.0958. The molecule has 0 aromatic rings. The molecule has 13 nitrogen and oxygen atoms in total. The van der Waals surface area contributed by atoms with E-state index in [-0.39, 0.29) is 6.42 Å². The second-order valence-electron chi connectivity index (χ2n) is 5.85. The van der Waals surface area contributed by atoms with Crippen molar-refractivity contribution in [3.63, 3.8) is 0 Å². The molecule has 0 saturated carbocycles. The van der Waals surface area contributed by atoms with Gasteiger partial charge >= 0.3 is 11.9 Å². The Bertz CT molecular complexity index is 571. The highest BCUT2D eigenvalue weighted by Gasteiger charge is 2.30. The fourth-order valence-corrected chi connectivity index (χ4v) is 2.13. The van der Waals surface area contributed by atoms with Crippen molar-refractivity contribution in [2.75, 3.05) is 19.7 Å². The average molecular weight is 405 g/mol. The molecule has 0 aliphatic heterocycles. The summed E-state index contributed by atoms with van der Waals surface area (Å²) in [5.74, 6) is -5.51. The van der Waals surface area contributed by atoms with Crippen molar-refractivity contribution in [3.05, 3.63) is 0 Å². The number of nitrogens with two attached hydrogens (primary N) is 2. The van der Waals surface area contributed by atoms with Gasteiger partial charge in [-0.15, -0.1) is 0 Å². The van der Waals surface area contributed by atoms with Crippen molar-refractivity contribution in [2.24, 2.45) is 11.5 Å². The topological polar surface area (TPSA) is 234 Å². The summed E-state index contributed by atoms with van der Waals surface area (Å²) in [6, 6.07) is -4.33. The SMILES string of the molecule is NCCCCC(NC(=O)C(CO)NC(=O)C(CC(=O)O)NC(=O)CN)C(=O)O. The van der Waals surface area contributed by atoms with Crippen LogP contribution in [-0.4, -0.2) is 82.8 Å². The molecule has 0 bridgehead atoms. The quantitative estimate of drug-likeness (QED) is 0.131. The van der Waals surface area contributed by atoms with Crippen LogP contribution in [0.15, 0.2) is 0 Å². The summed E-state index contributed by atoms with van der Waals surface area (Å²) in [5, 5.41) is 33.7. The number of carbonyl (C=O) groups is 5. The summed E-state index contributed by atoms with van der Waals surface area (Å²) >= 11 is 0. The smallest absolute Gasteiger partial charge is 0.326 e. The van der Waals surface area contributed by atoms with Gasteiger partial charge in [-0.25, -0.2) is 4.79 Å². The lowest BCUT2D eigenvalue weighted by atomic mass is 10.1. The van der Waals surface area contributed by atoms with Crippen LogP contribution in [0.5, 0.6) is 0 Å². The number of hydrogen-bond acceptors (Lipinski definition) is 8. The van der Waals surface area contributed by atoms with Gasteiger partial charge in [-0.1, -0.05) is 0 Å². The van der Waals surface area contributed by atoms with Gasteiger partial charge in [-0.2, -0.15) is 0 Å². The molecule has 3 atom stereocenters. The first-order chi connectivity index (χ1) is 13.2. The summed E-state index contributed by atoms with van der Waals surface area (Å²) in [6.45, 7) is -1.01. The number of aliphatic carboxylic acids is 2. The Hall–Kier alpha value is -2.77. The molecule has 3 unspecified atom stereocenters. The Labute approximate surface area is 160 Å². The first kappa shape index (κ1) is 25.2. The molecule has 160 valence electrons. The predicted molar refractivity (Wildman–Crippen MR) is 94.7 cm³/mol. The fourth-order valence-electron chi connectivity index (χ4n) is 2.13. The summed E-state index contributed by atoms with van der Waals surface area (Å²) in [5.41, 5.74) is 10.4. The Balaban J connectivity index is 5.02. The number of carboxylic acids is 2. The third-order valence-corrected chi connectivity index (χ3v) is 3.59. The van der Waals surface area contributed by atoms with E-state index in [0.717, 1.165) is 0 Å². The van der Waals surface area contributed by atoms with Crippen molar-refractivity contribution in [2.45, 2.75) is 43.8 Å². The lowest BCUT2D eigenvalue weighted by molar-refractivity contribution is -0.143. The van der Waals surface area contributed by atoms with E-state index < -0.39 is 67.4 Å². The number of amides is 3. The average Bonchev–Trinajstić information content (AvgIpc) is 2.63. The lowest BCUT2D eigenvalue weighted by Crippen LogP contribution is -2.57. The normalized spacial score (nSPS) is 13.7. The molecule has 0 rings (SSSR count). The molecule has 28 heavy (non-hydrogen) atoms. The molecule has 0 aromatic heterocycles. The monoisotopic (exact) mass is 405 g/mol. The summed E-state index contributed by atoms with van der Waals surface area (Å²) in [6.07, 6.45) is 0.306. The molecule has 13 heteroatoms. The van der Waals surface area contributed by atoms with Crippen molar-refractivity contribution < 1.29 is 39.3 Å². The lowest BCUT2D eigenvalue weighted by Gasteiger charge is -2.22. The van der Waals surface area contributed by atoms with Crippen LogP contribution < -0.4 is 27.4 Å². The molecule has 0 spiro atoms. The van der Waals surface area contributed by atoms with Gasteiger partial charge in [-0.05, 0) is 25.8 Å². The third kappa shape index (κ3) is 9.80. The maximum Gasteiger partial charge on any atom is 0.326 e. The molecule has 0 heterocycles. The molecule has 0 aliphatic carbocycles. The Morgan fingerprint density at radius 2 is 1.39 bits per heavy atom. The highest BCUT2D eigenvalue weighted by atomic mass is 16.4. The molecule has 0 aliphatic rings. The maximum atomic E-state index is 12.2. The number of carbonyl (C=O) groups excluding carboxylic acids is 3. The van der Waals surface area contributed by atoms with Gasteiger partial charge in [0, 0.05) is 0 Å². The first-order valence-electron chi connectivity index (χ1n) is 8.51. The van der Waals surface area contributed by atoms with Crippen molar-refractivity contribution >= 4 is 29.7 Å². The standard InChI is InChI=1S/C15H27N5O8/c16-4-2-1-3-8(15(27)28)19-14(26)10(7-21)20-13(25)9(5-12(23)24)18-11(22)6-17/h8-10,21H,1-7,16-17H2,(H,18,22)(H,19,26)(H,20,25)(H,23,24)(H,27,28). The summed E-state index contributed by atoms with van der Waals surface area (Å²) in [4.78, 5) is 57.8. The molecule has 3 amide bonds. The summed E-state index contributed by atoms with van der Waals surface area (Å²) in [7, 11) is 0. The molecule has 0 saturated heterocycles. The molecule has 0 aromatic carbocycles. The molecule has 10 N–H and O–H groups in total. The predicted octanol–water partition coefficient (Wildman–Crippen LogP) is -3.92. The van der Waals surface area contributed by atoms with E-state index in [2.05, 4.69) is 16.0 Å². The number of aliphatic hydroxyl groups is 1. The van der Waals surface area contributed by atoms with Crippen molar-refractivity contribution in [1.82, 2.24) is 16.0 Å². The number of unbranched alkanes of at least 4 members (excludes halogenated alkanes) is 1. The van der Waals surface area contributed by atoms with E-state index in [4.69, 9.17) is 21.7 Å². The number of aliphatic hydroxyl groups excluding tert-OH is 1. The van der Waals surface area contributed by atoms with E-state index >= 15 is 0 Å². The Morgan fingerprint density at radius 3 is 1.86 bits per heavy atom. The minimum Gasteiger partial charge on any atom is -0.481 e. The van der Waals surface area contributed by atoms with Gasteiger partial charge in [0.25, 0.3) is 0 Å². The molecular weight excluding hydrogens is 378 g/mol. The largest absolute Gasteiger partial charge is 0.481 e. The minimum atomic E-state index is -1.55. The van der Waals surface area contributed by atoms with E-state index in [9.17, 15) is 29.1 Å². The summed E-state index contributed by atoms with van der Waals surface area (Å²) < 4.78 is 0. The zero-order valence-electron chi connectivity index (χ0n) is 15.2. The van der Waals surface area contributed by atoms with Gasteiger partial charge < -0.3 is 42.7 Å². The van der Waals surface area contributed by atoms with Crippen LogP contribution in [-0.2, 0) is 24.0 Å². The molecule has 0 radical (unpaired) electrons. The zero-order chi connectivity index (χ0) is 21.7. The van der Waals surface area contributed by atoms with Gasteiger partial charge in [0.15, 0.2) is 0 Å². The number of rotatable bonds is 14. The highest BCUT2D eigenvalue weighted by Crippen LogP contribution is 2.02. The fraction of sp³-hybridized carbons (Fsp3) is 0.667. The van der Waals surface area contributed by atoms with Crippen molar-refractivity contribution in [3.8, 4) is 0 Å². The van der Waals surface area contributed by atoms with Crippen molar-refractivity contribution in [1.29, 1.82) is 0 Å². The second-order valence-corrected chi connectivity index (χ2v) is 5.85. The van der Waals surface area contributed by atoms with E-state index in [1.807, 2.05) is 0 Å². The number of hydrogen-bond donors (Lipinski definition) is 8.